The predicted octanol–water partition coefficient (Wildman–Crippen LogP) is 4.28. The third-order valence-electron chi connectivity index (χ3n) is 3.64. The summed E-state index contributed by atoms with van der Waals surface area (Å²) in [6.45, 7) is 2.30. The van der Waals surface area contributed by atoms with Gasteiger partial charge in [-0.1, -0.05) is 23.2 Å². The Labute approximate surface area is 166 Å². The highest BCUT2D eigenvalue weighted by atomic mass is 35.5. The zero-order valence-electron chi connectivity index (χ0n) is 14.8. The van der Waals surface area contributed by atoms with Gasteiger partial charge in [0.1, 0.15) is 5.56 Å². The molecule has 1 N–H and O–H groups in total. The summed E-state index contributed by atoms with van der Waals surface area (Å²) in [6.07, 6.45) is 0.466. The number of nitro benzene ring substituents is 1. The van der Waals surface area contributed by atoms with Crippen molar-refractivity contribution in [3.8, 4) is 11.5 Å². The summed E-state index contributed by atoms with van der Waals surface area (Å²) in [6, 6.07) is 7.58. The lowest BCUT2D eigenvalue weighted by Crippen LogP contribution is -2.26. The van der Waals surface area contributed by atoms with E-state index in [4.69, 9.17) is 32.7 Å². The van der Waals surface area contributed by atoms with Crippen LogP contribution in [0.25, 0.3) is 0 Å². The monoisotopic (exact) mass is 412 g/mol. The zero-order valence-corrected chi connectivity index (χ0v) is 16.3. The molecule has 7 nitrogen and oxygen atoms in total. The molecule has 0 aromatic heterocycles. The Hall–Kier alpha value is -2.51. The third kappa shape index (κ3) is 5.48. The minimum atomic E-state index is -0.631. The van der Waals surface area contributed by atoms with E-state index in [2.05, 4.69) is 5.32 Å². The number of halogens is 2. The van der Waals surface area contributed by atoms with Crippen LogP contribution in [-0.2, 0) is 6.42 Å². The molecule has 1 amide bonds. The van der Waals surface area contributed by atoms with Crippen molar-refractivity contribution in [2.45, 2.75) is 13.3 Å². The SMILES string of the molecule is CCOc1cc([N+](=O)[O-])c(C(=O)NCCc2cc(Cl)cc(Cl)c2)cc1OC. The van der Waals surface area contributed by atoms with Gasteiger partial charge >= 0.3 is 0 Å². The lowest BCUT2D eigenvalue weighted by molar-refractivity contribution is -0.385. The van der Waals surface area contributed by atoms with E-state index in [1.807, 2.05) is 0 Å². The molecule has 9 heteroatoms. The van der Waals surface area contributed by atoms with Gasteiger partial charge in [0.15, 0.2) is 11.5 Å². The van der Waals surface area contributed by atoms with E-state index in [-0.39, 0.29) is 29.3 Å². The lowest BCUT2D eigenvalue weighted by Gasteiger charge is -2.12. The van der Waals surface area contributed by atoms with Crippen molar-refractivity contribution in [3.63, 3.8) is 0 Å². The van der Waals surface area contributed by atoms with Gasteiger partial charge in [0.2, 0.25) is 0 Å². The summed E-state index contributed by atoms with van der Waals surface area (Å²) in [4.78, 5) is 23.2. The van der Waals surface area contributed by atoms with Gasteiger partial charge in [-0.25, -0.2) is 0 Å². The molecule has 0 fully saturated rings. The molecule has 2 aromatic rings. The van der Waals surface area contributed by atoms with E-state index < -0.39 is 10.8 Å². The smallest absolute Gasteiger partial charge is 0.286 e. The van der Waals surface area contributed by atoms with Crippen molar-refractivity contribution in [2.24, 2.45) is 0 Å². The number of amides is 1. The van der Waals surface area contributed by atoms with Crippen LogP contribution in [0.1, 0.15) is 22.8 Å². The molecule has 0 spiro atoms. The fourth-order valence-electron chi connectivity index (χ4n) is 2.48. The number of nitro groups is 1. The molecule has 0 saturated carbocycles. The number of nitrogens with zero attached hydrogens (tertiary/aromatic N) is 1. The average Bonchev–Trinajstić information content (AvgIpc) is 2.60. The summed E-state index contributed by atoms with van der Waals surface area (Å²) in [5.74, 6) is -0.137. The maximum Gasteiger partial charge on any atom is 0.286 e. The molecule has 27 heavy (non-hydrogen) atoms. The molecule has 0 aliphatic rings. The van der Waals surface area contributed by atoms with Gasteiger partial charge in [-0.2, -0.15) is 0 Å². The molecule has 0 aliphatic heterocycles. The van der Waals surface area contributed by atoms with Crippen LogP contribution in [0.3, 0.4) is 0 Å². The zero-order chi connectivity index (χ0) is 20.0. The van der Waals surface area contributed by atoms with Crippen molar-refractivity contribution in [1.29, 1.82) is 0 Å². The van der Waals surface area contributed by atoms with Crippen LogP contribution in [0.4, 0.5) is 5.69 Å². The predicted molar refractivity (Wildman–Crippen MR) is 103 cm³/mol. The Kier molecular flexibility index (Phi) is 7.27. The van der Waals surface area contributed by atoms with Gasteiger partial charge in [-0.15, -0.1) is 0 Å². The first kappa shape index (κ1) is 20.8. The molecular weight excluding hydrogens is 395 g/mol. The first-order chi connectivity index (χ1) is 12.8. The van der Waals surface area contributed by atoms with Crippen molar-refractivity contribution in [1.82, 2.24) is 5.32 Å². The highest BCUT2D eigenvalue weighted by Crippen LogP contribution is 2.34. The molecule has 0 saturated heterocycles. The molecule has 0 heterocycles. The fourth-order valence-corrected chi connectivity index (χ4v) is 3.05. The number of nitrogens with one attached hydrogen (secondary N) is 1. The standard InChI is InChI=1S/C18H18Cl2N2O5/c1-3-27-17-10-15(22(24)25)14(9-16(17)26-2)18(23)21-5-4-11-6-12(19)8-13(20)7-11/h6-10H,3-5H2,1-2H3,(H,21,23). The van der Waals surface area contributed by atoms with E-state index in [9.17, 15) is 14.9 Å². The highest BCUT2D eigenvalue weighted by Gasteiger charge is 2.24. The average molecular weight is 413 g/mol. The molecule has 2 rings (SSSR count). The second kappa shape index (κ2) is 9.43. The summed E-state index contributed by atoms with van der Waals surface area (Å²) < 4.78 is 10.5. The summed E-state index contributed by atoms with van der Waals surface area (Å²) in [5, 5.41) is 15.0. The normalized spacial score (nSPS) is 10.4. The lowest BCUT2D eigenvalue weighted by atomic mass is 10.1. The number of carbonyl (C=O) groups is 1. The highest BCUT2D eigenvalue weighted by molar-refractivity contribution is 6.34. The van der Waals surface area contributed by atoms with Gasteiger partial charge < -0.3 is 14.8 Å². The first-order valence-electron chi connectivity index (χ1n) is 8.08. The number of hydrogen-bond donors (Lipinski definition) is 1. The van der Waals surface area contributed by atoms with Crippen molar-refractivity contribution in [2.75, 3.05) is 20.3 Å². The van der Waals surface area contributed by atoms with Crippen LogP contribution >= 0.6 is 23.2 Å². The Bertz CT molecular complexity index is 838. The van der Waals surface area contributed by atoms with Crippen LogP contribution < -0.4 is 14.8 Å². The summed E-state index contributed by atoms with van der Waals surface area (Å²) >= 11 is 11.9. The molecule has 0 bridgehead atoms. The Morgan fingerprint density at radius 1 is 1.15 bits per heavy atom. The quantitative estimate of drug-likeness (QED) is 0.515. The van der Waals surface area contributed by atoms with Gasteiger partial charge in [-0.05, 0) is 37.1 Å². The minimum absolute atomic E-state index is 0.107. The number of hydrogen-bond acceptors (Lipinski definition) is 5. The van der Waals surface area contributed by atoms with Gasteiger partial charge in [-0.3, -0.25) is 14.9 Å². The third-order valence-corrected chi connectivity index (χ3v) is 4.08. The van der Waals surface area contributed by atoms with E-state index in [1.54, 1.807) is 25.1 Å². The second-order valence-electron chi connectivity index (χ2n) is 5.49. The van der Waals surface area contributed by atoms with Crippen LogP contribution in [0, 0.1) is 10.1 Å². The maximum absolute atomic E-state index is 12.5. The van der Waals surface area contributed by atoms with Gasteiger partial charge in [0.05, 0.1) is 24.7 Å². The molecule has 0 radical (unpaired) electrons. The van der Waals surface area contributed by atoms with Crippen molar-refractivity contribution < 1.29 is 19.2 Å². The van der Waals surface area contributed by atoms with E-state index >= 15 is 0 Å². The van der Waals surface area contributed by atoms with Gasteiger partial charge in [0.25, 0.3) is 11.6 Å². The molecule has 0 atom stereocenters. The molecule has 2 aromatic carbocycles. The Balaban J connectivity index is 2.17. The molecular formula is C18H18Cl2N2O5. The van der Waals surface area contributed by atoms with Crippen molar-refractivity contribution in [3.05, 3.63) is 61.6 Å². The van der Waals surface area contributed by atoms with E-state index in [1.165, 1.54) is 19.2 Å². The summed E-state index contributed by atoms with van der Waals surface area (Å²) in [5.41, 5.74) is 0.374. The minimum Gasteiger partial charge on any atom is -0.493 e. The Morgan fingerprint density at radius 2 is 1.81 bits per heavy atom. The van der Waals surface area contributed by atoms with Crippen LogP contribution in [0.15, 0.2) is 30.3 Å². The number of rotatable bonds is 8. The number of ether oxygens (including phenoxy) is 2. The first-order valence-corrected chi connectivity index (χ1v) is 8.83. The fraction of sp³-hybridized carbons (Fsp3) is 0.278. The van der Waals surface area contributed by atoms with Crippen LogP contribution in [0.5, 0.6) is 11.5 Å². The van der Waals surface area contributed by atoms with Crippen molar-refractivity contribution >= 4 is 34.8 Å². The molecule has 0 unspecified atom stereocenters. The number of benzene rings is 2. The van der Waals surface area contributed by atoms with E-state index in [0.29, 0.717) is 23.1 Å². The maximum atomic E-state index is 12.5. The largest absolute Gasteiger partial charge is 0.493 e. The Morgan fingerprint density at radius 3 is 2.37 bits per heavy atom. The summed E-state index contributed by atoms with van der Waals surface area (Å²) in [7, 11) is 1.40. The van der Waals surface area contributed by atoms with Gasteiger partial charge in [0, 0.05) is 22.7 Å². The molecule has 144 valence electrons. The topological polar surface area (TPSA) is 90.7 Å². The second-order valence-corrected chi connectivity index (χ2v) is 6.37. The number of methoxy groups -OCH3 is 1. The van der Waals surface area contributed by atoms with Crippen LogP contribution in [0.2, 0.25) is 10.0 Å². The number of carbonyl (C=O) groups excluding carboxylic acids is 1. The molecule has 0 aliphatic carbocycles. The van der Waals surface area contributed by atoms with E-state index in [0.717, 1.165) is 5.56 Å². The van der Waals surface area contributed by atoms with Crippen LogP contribution in [-0.4, -0.2) is 31.1 Å².